The number of aliphatic hydroxyl groups excluding tert-OH is 1. The predicted molar refractivity (Wildman–Crippen MR) is 54.0 cm³/mol. The predicted octanol–water partition coefficient (Wildman–Crippen LogP) is -0.737. The number of hydrogen-bond donors (Lipinski definition) is 3. The fourth-order valence-electron chi connectivity index (χ4n) is 0.949. The van der Waals surface area contributed by atoms with Gasteiger partial charge in [-0.2, -0.15) is 0 Å². The summed E-state index contributed by atoms with van der Waals surface area (Å²) < 4.78 is 0. The highest BCUT2D eigenvalue weighted by Crippen LogP contribution is 1.97. The zero-order valence-corrected chi connectivity index (χ0v) is 8.01. The summed E-state index contributed by atoms with van der Waals surface area (Å²) in [6, 6.07) is 7.22. The first-order valence-electron chi connectivity index (χ1n) is 4.42. The van der Waals surface area contributed by atoms with E-state index < -0.39 is 24.5 Å². The minimum atomic E-state index is -1.07. The zero-order chi connectivity index (χ0) is 11.3. The monoisotopic (exact) mass is 208 g/mol. The summed E-state index contributed by atoms with van der Waals surface area (Å²) in [5, 5.41) is 10.7. The highest BCUT2D eigenvalue weighted by atomic mass is 16.3. The Bertz CT molecular complexity index is 351. The van der Waals surface area contributed by atoms with Crippen LogP contribution in [0.25, 0.3) is 0 Å². The number of nitrogens with one attached hydrogen (secondary N) is 1. The smallest absolute Gasteiger partial charge is 0.257 e. The third-order valence-electron chi connectivity index (χ3n) is 1.81. The Labute approximate surface area is 86.9 Å². The van der Waals surface area contributed by atoms with E-state index >= 15 is 0 Å². The molecule has 0 saturated carbocycles. The lowest BCUT2D eigenvalue weighted by Gasteiger charge is -2.07. The molecule has 1 atom stereocenters. The third-order valence-corrected chi connectivity index (χ3v) is 1.81. The van der Waals surface area contributed by atoms with E-state index in [0.29, 0.717) is 5.56 Å². The molecule has 0 aromatic heterocycles. The van der Waals surface area contributed by atoms with Crippen LogP contribution in [0.4, 0.5) is 0 Å². The number of amides is 2. The minimum Gasteiger partial charge on any atom is -0.394 e. The van der Waals surface area contributed by atoms with Crippen molar-refractivity contribution in [3.05, 3.63) is 35.9 Å². The van der Waals surface area contributed by atoms with Crippen molar-refractivity contribution in [2.75, 3.05) is 6.61 Å². The highest BCUT2D eigenvalue weighted by molar-refractivity contribution is 6.06. The summed E-state index contributed by atoms with van der Waals surface area (Å²) in [5.41, 5.74) is 5.60. The number of hydrogen-bond acceptors (Lipinski definition) is 4. The maximum Gasteiger partial charge on any atom is 0.257 e. The summed E-state index contributed by atoms with van der Waals surface area (Å²) in [4.78, 5) is 22.5. The molecule has 0 aliphatic heterocycles. The first-order valence-corrected chi connectivity index (χ1v) is 4.42. The largest absolute Gasteiger partial charge is 0.394 e. The van der Waals surface area contributed by atoms with Crippen LogP contribution in [0.1, 0.15) is 10.4 Å². The van der Waals surface area contributed by atoms with Gasteiger partial charge in [-0.3, -0.25) is 14.9 Å². The summed E-state index contributed by atoms with van der Waals surface area (Å²) in [7, 11) is 0. The van der Waals surface area contributed by atoms with Crippen LogP contribution < -0.4 is 11.1 Å². The van der Waals surface area contributed by atoms with Gasteiger partial charge in [0.05, 0.1) is 6.61 Å². The Morgan fingerprint density at radius 1 is 1.33 bits per heavy atom. The Hall–Kier alpha value is -1.72. The molecule has 0 radical (unpaired) electrons. The second-order valence-corrected chi connectivity index (χ2v) is 2.97. The Balaban J connectivity index is 2.61. The van der Waals surface area contributed by atoms with Crippen molar-refractivity contribution in [2.45, 2.75) is 6.04 Å². The highest BCUT2D eigenvalue weighted by Gasteiger charge is 2.15. The fourth-order valence-corrected chi connectivity index (χ4v) is 0.949. The number of rotatable bonds is 3. The van der Waals surface area contributed by atoms with Crippen molar-refractivity contribution in [1.82, 2.24) is 5.32 Å². The van der Waals surface area contributed by atoms with Crippen molar-refractivity contribution in [2.24, 2.45) is 5.73 Å². The normalized spacial score (nSPS) is 11.9. The average Bonchev–Trinajstić information content (AvgIpc) is 2.29. The van der Waals surface area contributed by atoms with Gasteiger partial charge in [-0.05, 0) is 12.1 Å². The summed E-state index contributed by atoms with van der Waals surface area (Å²) in [6.45, 7) is -0.492. The van der Waals surface area contributed by atoms with Gasteiger partial charge in [0, 0.05) is 5.56 Å². The van der Waals surface area contributed by atoms with Gasteiger partial charge in [-0.1, -0.05) is 18.2 Å². The van der Waals surface area contributed by atoms with E-state index in [-0.39, 0.29) is 0 Å². The molecule has 1 aromatic carbocycles. The molecule has 4 N–H and O–H groups in total. The first kappa shape index (κ1) is 11.4. The average molecular weight is 208 g/mol. The van der Waals surface area contributed by atoms with Crippen LogP contribution in [0, 0.1) is 0 Å². The second kappa shape index (κ2) is 5.23. The van der Waals surface area contributed by atoms with Crippen LogP contribution in [0.2, 0.25) is 0 Å². The molecule has 1 aromatic rings. The quantitative estimate of drug-likeness (QED) is 0.610. The van der Waals surface area contributed by atoms with E-state index in [0.717, 1.165) is 0 Å². The van der Waals surface area contributed by atoms with Gasteiger partial charge >= 0.3 is 0 Å². The van der Waals surface area contributed by atoms with E-state index in [1.807, 2.05) is 0 Å². The van der Waals surface area contributed by atoms with Crippen LogP contribution in [0.15, 0.2) is 30.3 Å². The number of carbonyl (C=O) groups excluding carboxylic acids is 2. The van der Waals surface area contributed by atoms with Crippen molar-refractivity contribution in [3.8, 4) is 0 Å². The summed E-state index contributed by atoms with van der Waals surface area (Å²) in [5.74, 6) is -1.21. The number of aliphatic hydroxyl groups is 1. The lowest BCUT2D eigenvalue weighted by molar-refractivity contribution is -0.122. The summed E-state index contributed by atoms with van der Waals surface area (Å²) in [6.07, 6.45) is 0. The maximum absolute atomic E-state index is 11.4. The van der Waals surface area contributed by atoms with E-state index in [2.05, 4.69) is 5.32 Å². The van der Waals surface area contributed by atoms with Crippen LogP contribution in [0.3, 0.4) is 0 Å². The fraction of sp³-hybridized carbons (Fsp3) is 0.200. The Morgan fingerprint density at radius 2 is 1.93 bits per heavy atom. The van der Waals surface area contributed by atoms with Gasteiger partial charge < -0.3 is 10.8 Å². The molecule has 80 valence electrons. The van der Waals surface area contributed by atoms with Crippen molar-refractivity contribution >= 4 is 11.8 Å². The van der Waals surface area contributed by atoms with E-state index in [9.17, 15) is 9.59 Å². The third kappa shape index (κ3) is 3.16. The van der Waals surface area contributed by atoms with Gasteiger partial charge in [0.25, 0.3) is 5.91 Å². The molecule has 5 nitrogen and oxygen atoms in total. The van der Waals surface area contributed by atoms with Crippen LogP contribution in [-0.4, -0.2) is 29.6 Å². The van der Waals surface area contributed by atoms with E-state index in [4.69, 9.17) is 10.8 Å². The Morgan fingerprint density at radius 3 is 2.47 bits per heavy atom. The first-order chi connectivity index (χ1) is 7.15. The van der Waals surface area contributed by atoms with Gasteiger partial charge in [0.15, 0.2) is 0 Å². The number of imide groups is 1. The van der Waals surface area contributed by atoms with E-state index in [1.54, 1.807) is 30.3 Å². The molecule has 0 unspecified atom stereocenters. The Kier molecular flexibility index (Phi) is 3.96. The molecule has 0 bridgehead atoms. The van der Waals surface area contributed by atoms with Crippen LogP contribution >= 0.6 is 0 Å². The van der Waals surface area contributed by atoms with Crippen LogP contribution in [-0.2, 0) is 4.79 Å². The van der Waals surface area contributed by atoms with Gasteiger partial charge in [-0.15, -0.1) is 0 Å². The SMILES string of the molecule is N[C@@H](CO)C(=O)NC(=O)c1ccccc1. The molecular weight excluding hydrogens is 196 g/mol. The maximum atomic E-state index is 11.4. The molecule has 2 amide bonds. The lowest BCUT2D eigenvalue weighted by Crippen LogP contribution is -2.45. The van der Waals surface area contributed by atoms with Gasteiger partial charge in [-0.25, -0.2) is 0 Å². The molecular formula is C10H12N2O3. The van der Waals surface area contributed by atoms with Crippen molar-refractivity contribution in [1.29, 1.82) is 0 Å². The van der Waals surface area contributed by atoms with Gasteiger partial charge in [0.1, 0.15) is 6.04 Å². The lowest BCUT2D eigenvalue weighted by atomic mass is 10.2. The molecule has 0 spiro atoms. The molecule has 0 aliphatic carbocycles. The molecule has 0 aliphatic rings. The zero-order valence-electron chi connectivity index (χ0n) is 8.01. The molecule has 0 fully saturated rings. The molecule has 0 heterocycles. The molecule has 0 saturated heterocycles. The number of carbonyl (C=O) groups is 2. The van der Waals surface area contributed by atoms with Crippen molar-refractivity contribution < 1.29 is 14.7 Å². The van der Waals surface area contributed by atoms with Gasteiger partial charge in [0.2, 0.25) is 5.91 Å². The molecule has 5 heteroatoms. The minimum absolute atomic E-state index is 0.371. The van der Waals surface area contributed by atoms with Crippen molar-refractivity contribution in [3.63, 3.8) is 0 Å². The molecule has 15 heavy (non-hydrogen) atoms. The van der Waals surface area contributed by atoms with Crippen LogP contribution in [0.5, 0.6) is 0 Å². The van der Waals surface area contributed by atoms with E-state index in [1.165, 1.54) is 0 Å². The summed E-state index contributed by atoms with van der Waals surface area (Å²) >= 11 is 0. The topological polar surface area (TPSA) is 92.4 Å². The second-order valence-electron chi connectivity index (χ2n) is 2.97. The number of nitrogens with two attached hydrogens (primary N) is 1. The number of benzene rings is 1. The standard InChI is InChI=1S/C10H12N2O3/c11-8(6-13)10(15)12-9(14)7-4-2-1-3-5-7/h1-5,8,13H,6,11H2,(H,12,14,15)/t8-/m0/s1. The molecule has 1 rings (SSSR count).